The number of hydrogen-bond donors (Lipinski definition) is 3. The third-order valence-electron chi connectivity index (χ3n) is 2.42. The van der Waals surface area contributed by atoms with Gasteiger partial charge < -0.3 is 25.8 Å². The number of amides is 3. The Bertz CT molecular complexity index is 332. The normalized spacial score (nSPS) is 12.0. The third-order valence-corrected chi connectivity index (χ3v) is 2.42. The highest BCUT2D eigenvalue weighted by Gasteiger charge is 2.25. The van der Waals surface area contributed by atoms with Crippen LogP contribution >= 0.6 is 0 Å². The standard InChI is InChI=1S/C11H21N3O5/c1-7(2)14(4-5-19-3)11(18)13-8(10(16)17)6-9(12)15/h7-8H,4-6H2,1-3H3,(H2,12,15)(H,13,18)(H,16,17)/t8-/m1/s1. The molecular formula is C11H21N3O5. The fourth-order valence-corrected chi connectivity index (χ4v) is 1.42. The second-order valence-electron chi connectivity index (χ2n) is 4.29. The van der Waals surface area contributed by atoms with E-state index in [1.165, 1.54) is 12.0 Å². The minimum absolute atomic E-state index is 0.127. The lowest BCUT2D eigenvalue weighted by Crippen LogP contribution is -2.52. The van der Waals surface area contributed by atoms with Crippen LogP contribution in [0.3, 0.4) is 0 Å². The molecule has 8 heteroatoms. The van der Waals surface area contributed by atoms with Crippen LogP contribution in [0.4, 0.5) is 4.79 Å². The number of hydrogen-bond acceptors (Lipinski definition) is 4. The number of nitrogens with one attached hydrogen (secondary N) is 1. The number of carbonyl (C=O) groups is 3. The molecule has 0 unspecified atom stereocenters. The lowest BCUT2D eigenvalue weighted by atomic mass is 10.2. The Labute approximate surface area is 111 Å². The molecular weight excluding hydrogens is 254 g/mol. The van der Waals surface area contributed by atoms with Crippen LogP contribution in [0.2, 0.25) is 0 Å². The van der Waals surface area contributed by atoms with Gasteiger partial charge in [-0.15, -0.1) is 0 Å². The Morgan fingerprint density at radius 3 is 2.32 bits per heavy atom. The molecule has 8 nitrogen and oxygen atoms in total. The first-order valence-corrected chi connectivity index (χ1v) is 5.86. The number of primary amides is 1. The number of nitrogens with zero attached hydrogens (tertiary/aromatic N) is 1. The number of nitrogens with two attached hydrogens (primary N) is 1. The van der Waals surface area contributed by atoms with Gasteiger partial charge in [-0.1, -0.05) is 0 Å². The van der Waals surface area contributed by atoms with Crippen LogP contribution in [-0.4, -0.2) is 60.3 Å². The fourth-order valence-electron chi connectivity index (χ4n) is 1.42. The van der Waals surface area contributed by atoms with Gasteiger partial charge in [0, 0.05) is 19.7 Å². The van der Waals surface area contributed by atoms with E-state index in [1.807, 2.05) is 0 Å². The summed E-state index contributed by atoms with van der Waals surface area (Å²) in [6, 6.07) is -2.02. The summed E-state index contributed by atoms with van der Waals surface area (Å²) in [5, 5.41) is 11.2. The smallest absolute Gasteiger partial charge is 0.326 e. The Morgan fingerprint density at radius 1 is 1.37 bits per heavy atom. The van der Waals surface area contributed by atoms with Crippen molar-refractivity contribution in [2.45, 2.75) is 32.4 Å². The molecule has 0 saturated carbocycles. The van der Waals surface area contributed by atoms with Gasteiger partial charge in [0.1, 0.15) is 6.04 Å². The molecule has 0 aromatic heterocycles. The quantitative estimate of drug-likeness (QED) is 0.545. The highest BCUT2D eigenvalue weighted by molar-refractivity contribution is 5.87. The number of aliphatic carboxylic acids is 1. The van der Waals surface area contributed by atoms with E-state index >= 15 is 0 Å². The predicted molar refractivity (Wildman–Crippen MR) is 67.5 cm³/mol. The summed E-state index contributed by atoms with van der Waals surface area (Å²) in [4.78, 5) is 35.0. The van der Waals surface area contributed by atoms with Crippen LogP contribution in [0.25, 0.3) is 0 Å². The summed E-state index contributed by atoms with van der Waals surface area (Å²) >= 11 is 0. The molecule has 0 heterocycles. The van der Waals surface area contributed by atoms with Gasteiger partial charge in [-0.25, -0.2) is 9.59 Å². The topological polar surface area (TPSA) is 122 Å². The van der Waals surface area contributed by atoms with Crippen LogP contribution in [0.1, 0.15) is 20.3 Å². The van der Waals surface area contributed by atoms with E-state index in [0.29, 0.717) is 13.2 Å². The van der Waals surface area contributed by atoms with E-state index in [4.69, 9.17) is 15.6 Å². The number of carbonyl (C=O) groups excluding carboxylic acids is 2. The van der Waals surface area contributed by atoms with Crippen molar-refractivity contribution in [1.82, 2.24) is 10.2 Å². The van der Waals surface area contributed by atoms with E-state index in [2.05, 4.69) is 5.32 Å². The molecule has 0 aromatic rings. The van der Waals surface area contributed by atoms with Crippen molar-refractivity contribution in [2.24, 2.45) is 5.73 Å². The van der Waals surface area contributed by atoms with Gasteiger partial charge in [0.25, 0.3) is 0 Å². The number of urea groups is 1. The minimum atomic E-state index is -1.33. The number of carboxylic acid groups (broad SMARTS) is 1. The van der Waals surface area contributed by atoms with Crippen molar-refractivity contribution in [1.29, 1.82) is 0 Å². The van der Waals surface area contributed by atoms with Gasteiger partial charge in [0.05, 0.1) is 13.0 Å². The molecule has 0 bridgehead atoms. The predicted octanol–water partition coefficient (Wildman–Crippen LogP) is -0.619. The monoisotopic (exact) mass is 275 g/mol. The molecule has 4 N–H and O–H groups in total. The van der Waals surface area contributed by atoms with E-state index in [9.17, 15) is 14.4 Å². The molecule has 3 amide bonds. The first-order valence-electron chi connectivity index (χ1n) is 5.86. The molecule has 0 fully saturated rings. The van der Waals surface area contributed by atoms with Gasteiger partial charge in [-0.2, -0.15) is 0 Å². The number of rotatable bonds is 8. The average Bonchev–Trinajstić information content (AvgIpc) is 2.27. The Balaban J connectivity index is 4.65. The molecule has 0 spiro atoms. The third kappa shape index (κ3) is 6.61. The second-order valence-corrected chi connectivity index (χ2v) is 4.29. The number of ether oxygens (including phenoxy) is 1. The van der Waals surface area contributed by atoms with Gasteiger partial charge >= 0.3 is 12.0 Å². The summed E-state index contributed by atoms with van der Waals surface area (Å²) in [5.74, 6) is -2.09. The molecule has 0 rings (SSSR count). The molecule has 0 aliphatic carbocycles. The molecule has 0 radical (unpaired) electrons. The van der Waals surface area contributed by atoms with E-state index in [-0.39, 0.29) is 6.04 Å². The summed E-state index contributed by atoms with van der Waals surface area (Å²) < 4.78 is 4.88. The average molecular weight is 275 g/mol. The first kappa shape index (κ1) is 17.2. The van der Waals surface area contributed by atoms with Crippen LogP contribution < -0.4 is 11.1 Å². The van der Waals surface area contributed by atoms with Crippen LogP contribution in [0.5, 0.6) is 0 Å². The zero-order valence-corrected chi connectivity index (χ0v) is 11.4. The number of carboxylic acids is 1. The molecule has 0 aliphatic rings. The fraction of sp³-hybridized carbons (Fsp3) is 0.727. The Hall–Kier alpha value is -1.83. The number of methoxy groups -OCH3 is 1. The molecule has 19 heavy (non-hydrogen) atoms. The molecule has 0 aromatic carbocycles. The van der Waals surface area contributed by atoms with Gasteiger partial charge in [-0.05, 0) is 13.8 Å². The first-order chi connectivity index (χ1) is 8.79. The highest BCUT2D eigenvalue weighted by atomic mass is 16.5. The van der Waals surface area contributed by atoms with Crippen LogP contribution in [0, 0.1) is 0 Å². The largest absolute Gasteiger partial charge is 0.480 e. The van der Waals surface area contributed by atoms with Crippen LogP contribution in [0.15, 0.2) is 0 Å². The van der Waals surface area contributed by atoms with Gasteiger partial charge in [-0.3, -0.25) is 4.79 Å². The van der Waals surface area contributed by atoms with Crippen molar-refractivity contribution in [3.63, 3.8) is 0 Å². The summed E-state index contributed by atoms with van der Waals surface area (Å²) in [7, 11) is 1.50. The maximum Gasteiger partial charge on any atom is 0.326 e. The molecule has 0 aliphatic heterocycles. The Kier molecular flexibility index (Phi) is 7.50. The molecule has 110 valence electrons. The van der Waals surface area contributed by atoms with E-state index in [1.54, 1.807) is 13.8 Å². The summed E-state index contributed by atoms with van der Waals surface area (Å²) in [5.41, 5.74) is 4.94. The lowest BCUT2D eigenvalue weighted by molar-refractivity contribution is -0.141. The van der Waals surface area contributed by atoms with E-state index < -0.39 is 30.4 Å². The zero-order valence-electron chi connectivity index (χ0n) is 11.4. The molecule has 1 atom stereocenters. The Morgan fingerprint density at radius 2 is 1.95 bits per heavy atom. The maximum absolute atomic E-state index is 11.9. The van der Waals surface area contributed by atoms with Crippen molar-refractivity contribution in [3.8, 4) is 0 Å². The van der Waals surface area contributed by atoms with Gasteiger partial charge in [0.15, 0.2) is 0 Å². The second kappa shape index (κ2) is 8.30. The lowest BCUT2D eigenvalue weighted by Gasteiger charge is -2.28. The maximum atomic E-state index is 11.9. The van der Waals surface area contributed by atoms with E-state index in [0.717, 1.165) is 0 Å². The van der Waals surface area contributed by atoms with Crippen molar-refractivity contribution in [3.05, 3.63) is 0 Å². The van der Waals surface area contributed by atoms with Crippen molar-refractivity contribution < 1.29 is 24.2 Å². The highest BCUT2D eigenvalue weighted by Crippen LogP contribution is 2.01. The van der Waals surface area contributed by atoms with Crippen LogP contribution in [-0.2, 0) is 14.3 Å². The summed E-state index contributed by atoms with van der Waals surface area (Å²) in [6.07, 6.45) is -0.447. The zero-order chi connectivity index (χ0) is 15.0. The molecule has 0 saturated heterocycles. The van der Waals surface area contributed by atoms with Crippen molar-refractivity contribution in [2.75, 3.05) is 20.3 Å². The minimum Gasteiger partial charge on any atom is -0.480 e. The van der Waals surface area contributed by atoms with Gasteiger partial charge in [0.2, 0.25) is 5.91 Å². The summed E-state index contributed by atoms with van der Waals surface area (Å²) in [6.45, 7) is 4.24. The SMILES string of the molecule is COCCN(C(=O)N[C@H](CC(N)=O)C(=O)O)C(C)C. The van der Waals surface area contributed by atoms with Crippen molar-refractivity contribution >= 4 is 17.9 Å².